The number of hydrogen-bond donors (Lipinski definition) is 2. The third kappa shape index (κ3) is 4.80. The quantitative estimate of drug-likeness (QED) is 0.561. The number of thiocarbonyl (C=S) groups is 1. The zero-order valence-electron chi connectivity index (χ0n) is 13.2. The van der Waals surface area contributed by atoms with E-state index in [0.29, 0.717) is 9.23 Å². The summed E-state index contributed by atoms with van der Waals surface area (Å²) >= 11 is 6.45. The molecule has 2 amide bonds. The molecular formula is C16H18N2O4S2. The highest BCUT2D eigenvalue weighted by Crippen LogP contribution is 2.32. The van der Waals surface area contributed by atoms with E-state index in [0.717, 1.165) is 11.3 Å². The largest absolute Gasteiger partial charge is 0.497 e. The first-order chi connectivity index (χ1) is 11.5. The Hall–Kier alpha value is -1.90. The number of hydrogen-bond acceptors (Lipinski definition) is 6. The van der Waals surface area contributed by atoms with Crippen LogP contribution in [0.4, 0.5) is 0 Å². The number of amides is 2. The van der Waals surface area contributed by atoms with Crippen LogP contribution in [0.15, 0.2) is 29.2 Å². The van der Waals surface area contributed by atoms with Crippen molar-refractivity contribution in [3.63, 3.8) is 0 Å². The predicted octanol–water partition coefficient (Wildman–Crippen LogP) is 1.39. The summed E-state index contributed by atoms with van der Waals surface area (Å²) < 4.78 is 5.54. The number of aliphatic hydroxyl groups is 1. The molecule has 1 saturated heterocycles. The SMILES string of the molecule is COc1ccc(/C=C2\SC(=S)N(CCC(=O)NCCO)C2=O)cc1. The van der Waals surface area contributed by atoms with E-state index in [4.69, 9.17) is 22.1 Å². The Morgan fingerprint density at radius 1 is 1.42 bits per heavy atom. The van der Waals surface area contributed by atoms with Crippen LogP contribution < -0.4 is 10.1 Å². The van der Waals surface area contributed by atoms with Gasteiger partial charge in [-0.25, -0.2) is 0 Å². The van der Waals surface area contributed by atoms with Gasteiger partial charge >= 0.3 is 0 Å². The molecule has 6 nitrogen and oxygen atoms in total. The van der Waals surface area contributed by atoms with Gasteiger partial charge in [0.2, 0.25) is 5.91 Å². The molecule has 0 bridgehead atoms. The maximum absolute atomic E-state index is 12.4. The van der Waals surface area contributed by atoms with Crippen molar-refractivity contribution in [3.05, 3.63) is 34.7 Å². The first-order valence-corrected chi connectivity index (χ1v) is 8.54. The normalized spacial score (nSPS) is 15.9. The maximum Gasteiger partial charge on any atom is 0.266 e. The summed E-state index contributed by atoms with van der Waals surface area (Å²) in [7, 11) is 1.59. The molecule has 1 aliphatic heterocycles. The van der Waals surface area contributed by atoms with Crippen LogP contribution >= 0.6 is 24.0 Å². The standard InChI is InChI=1S/C16H18N2O4S2/c1-22-12-4-2-11(3-5-12)10-13-15(21)18(16(23)24-13)8-6-14(20)17-7-9-19/h2-5,10,19H,6-9H2,1H3,(H,17,20)/b13-10-. The molecule has 1 fully saturated rings. The first-order valence-electron chi connectivity index (χ1n) is 7.32. The molecule has 24 heavy (non-hydrogen) atoms. The van der Waals surface area contributed by atoms with Gasteiger partial charge in [-0.1, -0.05) is 36.1 Å². The number of rotatable bonds is 7. The number of thioether (sulfide) groups is 1. The molecule has 0 radical (unpaired) electrons. The third-order valence-corrected chi connectivity index (χ3v) is 4.66. The maximum atomic E-state index is 12.4. The van der Waals surface area contributed by atoms with Crippen LogP contribution in [0.1, 0.15) is 12.0 Å². The molecule has 1 aromatic rings. The van der Waals surface area contributed by atoms with Crippen molar-refractivity contribution in [3.8, 4) is 5.75 Å². The number of methoxy groups -OCH3 is 1. The number of nitrogens with one attached hydrogen (secondary N) is 1. The van der Waals surface area contributed by atoms with Gasteiger partial charge in [0, 0.05) is 19.5 Å². The summed E-state index contributed by atoms with van der Waals surface area (Å²) in [6.07, 6.45) is 1.91. The highest BCUT2D eigenvalue weighted by Gasteiger charge is 2.31. The molecule has 0 unspecified atom stereocenters. The van der Waals surface area contributed by atoms with Gasteiger partial charge < -0.3 is 15.2 Å². The zero-order valence-corrected chi connectivity index (χ0v) is 14.8. The van der Waals surface area contributed by atoms with E-state index in [1.807, 2.05) is 24.3 Å². The number of carbonyl (C=O) groups is 2. The topological polar surface area (TPSA) is 78.9 Å². The lowest BCUT2D eigenvalue weighted by Gasteiger charge is -2.13. The van der Waals surface area contributed by atoms with Crippen LogP contribution in [-0.4, -0.2) is 52.9 Å². The van der Waals surface area contributed by atoms with Gasteiger partial charge in [0.1, 0.15) is 10.1 Å². The second-order valence-corrected chi connectivity index (χ2v) is 6.61. The highest BCUT2D eigenvalue weighted by molar-refractivity contribution is 8.26. The summed E-state index contributed by atoms with van der Waals surface area (Å²) in [6.45, 7) is 0.313. The molecule has 2 N–H and O–H groups in total. The lowest BCUT2D eigenvalue weighted by molar-refractivity contribution is -0.123. The van der Waals surface area contributed by atoms with Crippen LogP contribution in [-0.2, 0) is 9.59 Å². The monoisotopic (exact) mass is 366 g/mol. The molecule has 0 spiro atoms. The van der Waals surface area contributed by atoms with E-state index < -0.39 is 0 Å². The Bertz CT molecular complexity index is 659. The Morgan fingerprint density at radius 3 is 2.75 bits per heavy atom. The number of aliphatic hydroxyl groups excluding tert-OH is 1. The fourth-order valence-corrected chi connectivity index (χ4v) is 3.35. The second-order valence-electron chi connectivity index (χ2n) is 4.93. The average Bonchev–Trinajstić information content (AvgIpc) is 2.85. The van der Waals surface area contributed by atoms with Crippen LogP contribution in [0.2, 0.25) is 0 Å². The Balaban J connectivity index is 1.99. The summed E-state index contributed by atoms with van der Waals surface area (Å²) in [4.78, 5) is 25.9. The van der Waals surface area contributed by atoms with Gasteiger partial charge in [0.15, 0.2) is 0 Å². The Kier molecular flexibility index (Phi) is 6.77. The molecule has 0 aromatic heterocycles. The zero-order chi connectivity index (χ0) is 17.5. The lowest BCUT2D eigenvalue weighted by Crippen LogP contribution is -2.34. The smallest absolute Gasteiger partial charge is 0.266 e. The van der Waals surface area contributed by atoms with E-state index in [1.165, 1.54) is 16.7 Å². The molecule has 1 aliphatic rings. The van der Waals surface area contributed by atoms with E-state index in [2.05, 4.69) is 5.32 Å². The fourth-order valence-electron chi connectivity index (χ4n) is 2.04. The minimum Gasteiger partial charge on any atom is -0.497 e. The first kappa shape index (κ1) is 18.4. The molecular weight excluding hydrogens is 348 g/mol. The molecule has 0 saturated carbocycles. The van der Waals surface area contributed by atoms with Gasteiger partial charge in [-0.2, -0.15) is 0 Å². The average molecular weight is 366 g/mol. The molecule has 2 rings (SSSR count). The summed E-state index contributed by atoms with van der Waals surface area (Å²) in [5.41, 5.74) is 0.872. The number of benzene rings is 1. The van der Waals surface area contributed by atoms with Crippen LogP contribution in [0.3, 0.4) is 0 Å². The van der Waals surface area contributed by atoms with E-state index in [1.54, 1.807) is 13.2 Å². The van der Waals surface area contributed by atoms with Gasteiger partial charge in [-0.15, -0.1) is 0 Å². The lowest BCUT2D eigenvalue weighted by atomic mass is 10.2. The Morgan fingerprint density at radius 2 is 2.12 bits per heavy atom. The summed E-state index contributed by atoms with van der Waals surface area (Å²) in [6, 6.07) is 7.34. The van der Waals surface area contributed by atoms with Crippen molar-refractivity contribution in [1.29, 1.82) is 0 Å². The van der Waals surface area contributed by atoms with Crippen molar-refractivity contribution in [2.24, 2.45) is 0 Å². The van der Waals surface area contributed by atoms with Gasteiger partial charge in [0.25, 0.3) is 5.91 Å². The van der Waals surface area contributed by atoms with Gasteiger partial charge in [-0.3, -0.25) is 14.5 Å². The minimum absolute atomic E-state index is 0.114. The molecule has 128 valence electrons. The summed E-state index contributed by atoms with van der Waals surface area (Å²) in [5.74, 6) is 0.321. The number of carbonyl (C=O) groups excluding carboxylic acids is 2. The van der Waals surface area contributed by atoms with Crippen molar-refractivity contribution >= 4 is 46.2 Å². The van der Waals surface area contributed by atoms with Crippen LogP contribution in [0, 0.1) is 0 Å². The Labute approximate surface area is 149 Å². The highest BCUT2D eigenvalue weighted by atomic mass is 32.2. The van der Waals surface area contributed by atoms with Crippen molar-refractivity contribution < 1.29 is 19.4 Å². The second kappa shape index (κ2) is 8.81. The number of nitrogens with zero attached hydrogens (tertiary/aromatic N) is 1. The molecule has 8 heteroatoms. The fraction of sp³-hybridized carbons (Fsp3) is 0.312. The van der Waals surface area contributed by atoms with Crippen molar-refractivity contribution in [2.45, 2.75) is 6.42 Å². The van der Waals surface area contributed by atoms with Crippen LogP contribution in [0.5, 0.6) is 5.75 Å². The number of ether oxygens (including phenoxy) is 1. The molecule has 0 aliphatic carbocycles. The van der Waals surface area contributed by atoms with Crippen LogP contribution in [0.25, 0.3) is 6.08 Å². The minimum atomic E-state index is -0.225. The van der Waals surface area contributed by atoms with Gasteiger partial charge in [0.05, 0.1) is 18.6 Å². The molecule has 1 aromatic carbocycles. The molecule has 0 atom stereocenters. The van der Waals surface area contributed by atoms with E-state index in [-0.39, 0.29) is 37.9 Å². The van der Waals surface area contributed by atoms with Crippen molar-refractivity contribution in [1.82, 2.24) is 10.2 Å². The van der Waals surface area contributed by atoms with Gasteiger partial charge in [-0.05, 0) is 23.8 Å². The van der Waals surface area contributed by atoms with E-state index in [9.17, 15) is 9.59 Å². The molecule has 1 heterocycles. The third-order valence-electron chi connectivity index (χ3n) is 3.28. The van der Waals surface area contributed by atoms with E-state index >= 15 is 0 Å². The van der Waals surface area contributed by atoms with Crippen molar-refractivity contribution in [2.75, 3.05) is 26.8 Å². The predicted molar refractivity (Wildman–Crippen MR) is 97.6 cm³/mol. The summed E-state index contributed by atoms with van der Waals surface area (Å²) in [5, 5.41) is 11.2.